The van der Waals surface area contributed by atoms with Crippen LogP contribution in [0.1, 0.15) is 52.7 Å². The zero-order valence-electron chi connectivity index (χ0n) is 20.4. The third-order valence-electron chi connectivity index (χ3n) is 2.75. The Labute approximate surface area is 198 Å². The zero-order valence-corrected chi connectivity index (χ0v) is 23.0. The Morgan fingerprint density at radius 3 is 1.23 bits per heavy atom. The third-order valence-corrected chi connectivity index (χ3v) is 2.75. The maximum absolute atomic E-state index is 9.33. The van der Waals surface area contributed by atoms with Gasteiger partial charge < -0.3 is 10.2 Å². The van der Waals surface area contributed by atoms with Gasteiger partial charge in [-0.25, -0.2) is 12.1 Å². The second kappa shape index (κ2) is 22.4. The van der Waals surface area contributed by atoms with Crippen molar-refractivity contribution in [1.82, 2.24) is 0 Å². The molecule has 0 aliphatic heterocycles. The van der Waals surface area contributed by atoms with Crippen molar-refractivity contribution in [3.05, 3.63) is 84.3 Å². The Kier molecular flexibility index (Phi) is 24.9. The monoisotopic (exact) mass is 462 g/mol. The summed E-state index contributed by atoms with van der Waals surface area (Å²) in [5.74, 6) is 1.40. The molecule has 0 N–H and O–H groups in total. The fourth-order valence-electron chi connectivity index (χ4n) is 2.04. The van der Waals surface area contributed by atoms with Crippen LogP contribution in [-0.2, 0) is 32.0 Å². The first-order valence-corrected chi connectivity index (χ1v) is 15.2. The molecule has 30 heavy (non-hydrogen) atoms. The molecule has 0 aromatic heterocycles. The van der Waals surface area contributed by atoms with Gasteiger partial charge >= 0.3 is 38.5 Å². The van der Waals surface area contributed by atoms with Gasteiger partial charge in [0.2, 0.25) is 0 Å². The third kappa shape index (κ3) is 41.2. The van der Waals surface area contributed by atoms with Crippen molar-refractivity contribution < 1.29 is 29.4 Å². The topological polar surface area (TPSA) is 46.1 Å². The van der Waals surface area contributed by atoms with Crippen LogP contribution in [0.5, 0.6) is 0 Å². The van der Waals surface area contributed by atoms with Crippen LogP contribution in [0.4, 0.5) is 0 Å². The maximum atomic E-state index is 9.33. The Morgan fingerprint density at radius 2 is 1.10 bits per heavy atom. The predicted octanol–water partition coefficient (Wildman–Crippen LogP) is 5.75. The van der Waals surface area contributed by atoms with Gasteiger partial charge in [0.05, 0.1) is 0 Å². The first-order valence-electron chi connectivity index (χ1n) is 10.4. The van der Waals surface area contributed by atoms with E-state index in [2.05, 4.69) is 122 Å². The van der Waals surface area contributed by atoms with E-state index in [0.717, 1.165) is 11.8 Å². The van der Waals surface area contributed by atoms with Crippen LogP contribution in [0.3, 0.4) is 0 Å². The zero-order chi connectivity index (χ0) is 24.1. The van der Waals surface area contributed by atoms with E-state index in [-0.39, 0.29) is 17.7 Å². The van der Waals surface area contributed by atoms with Crippen LogP contribution in [0.25, 0.3) is 0 Å². The fraction of sp³-hybridized carbons (Fsp3) is 0.462. The van der Waals surface area contributed by atoms with E-state index in [1.165, 1.54) is 37.8 Å². The molecule has 0 radical (unpaired) electrons. The minimum absolute atomic E-state index is 0.0833. The molecule has 0 unspecified atom stereocenters. The summed E-state index contributed by atoms with van der Waals surface area (Å²) in [6, 6.07) is 17.1. The molecule has 0 aliphatic carbocycles. The van der Waals surface area contributed by atoms with Crippen LogP contribution in [-0.4, -0.2) is 6.19 Å². The molecule has 0 fully saturated rings. The average Bonchev–Trinajstić information content (AvgIpc) is 3.18. The van der Waals surface area contributed by atoms with E-state index >= 15 is 0 Å². The molecule has 2 aromatic rings. The van der Waals surface area contributed by atoms with Crippen molar-refractivity contribution in [1.29, 1.82) is 0 Å². The minimum atomic E-state index is -0.0833. The molecule has 2 nitrogen and oxygen atoms in total. The van der Waals surface area contributed by atoms with Gasteiger partial charge in [-0.3, -0.25) is 0 Å². The summed E-state index contributed by atoms with van der Waals surface area (Å²) in [5.41, 5.74) is 2.93. The van der Waals surface area contributed by atoms with E-state index < -0.39 is 0 Å². The van der Waals surface area contributed by atoms with Gasteiger partial charge in [-0.1, -0.05) is 66.2 Å². The second-order valence-electron chi connectivity index (χ2n) is 8.19. The van der Waals surface area contributed by atoms with Crippen molar-refractivity contribution in [2.45, 2.75) is 67.5 Å². The van der Waals surface area contributed by atoms with E-state index in [4.69, 9.17) is 0 Å². The number of rotatable bonds is 4. The van der Waals surface area contributed by atoms with Crippen LogP contribution in [0.2, 0.25) is 13.1 Å². The standard InChI is InChI=1S/2C9H13.2C3H6O.C2H6Si.Ti/c2*1-8(2)7-9-5-3-4-6-9;2*1-3(2)4;1-3-2;/h2*3-6,8H,7H2,1-2H3;2*4H,1H2,2H3;1-2H3;/q2*-1;;;;+2/p-2. The van der Waals surface area contributed by atoms with Gasteiger partial charge in [-0.2, -0.15) is 47.5 Å². The van der Waals surface area contributed by atoms with E-state index in [1.807, 2.05) is 0 Å². The fourth-order valence-corrected chi connectivity index (χ4v) is 2.04. The molecule has 4 heteroatoms. The van der Waals surface area contributed by atoms with E-state index in [1.54, 1.807) is 0 Å². The molecule has 0 bridgehead atoms. The summed E-state index contributed by atoms with van der Waals surface area (Å²) in [5, 5.41) is 18.7. The van der Waals surface area contributed by atoms with Gasteiger partial charge in [0, 0.05) is 0 Å². The SMILES string of the molecule is C=C(C)[O-].C=C(C)[O-].CC(C)Cc1cc[cH-]c1.CC(C)Cc1cc[cH-]c1.C[Si](C)=[Ti+2]. The van der Waals surface area contributed by atoms with Gasteiger partial charge in [0.15, 0.2) is 0 Å². The molecule has 0 atom stereocenters. The summed E-state index contributed by atoms with van der Waals surface area (Å²) in [4.78, 5) is 0. The van der Waals surface area contributed by atoms with Crippen molar-refractivity contribution >= 4 is 6.19 Å². The van der Waals surface area contributed by atoms with Crippen LogP contribution < -0.4 is 10.2 Å². The van der Waals surface area contributed by atoms with Gasteiger partial charge in [-0.15, -0.1) is 24.7 Å². The van der Waals surface area contributed by atoms with Crippen molar-refractivity contribution in [2.75, 3.05) is 0 Å². The molecular formula is C26H42O2SiTi-2. The average molecular weight is 463 g/mol. The first kappa shape index (κ1) is 33.4. The molecule has 0 saturated heterocycles. The number of hydrogen-bond acceptors (Lipinski definition) is 2. The Bertz CT molecular complexity index is 558. The molecule has 168 valence electrons. The van der Waals surface area contributed by atoms with Crippen LogP contribution in [0, 0.1) is 11.8 Å². The normalized spacial score (nSPS) is 8.93. The first-order chi connectivity index (χ1) is 13.8. The van der Waals surface area contributed by atoms with Crippen molar-refractivity contribution in [2.24, 2.45) is 11.8 Å². The molecule has 0 amide bonds. The summed E-state index contributed by atoms with van der Waals surface area (Å²) in [6.07, 6.45) is 2.55. The van der Waals surface area contributed by atoms with Crippen LogP contribution in [0.15, 0.2) is 73.2 Å². The quantitative estimate of drug-likeness (QED) is 0.330. The molecule has 0 saturated carbocycles. The molecule has 0 aliphatic rings. The van der Waals surface area contributed by atoms with Gasteiger partial charge in [-0.05, 0) is 0 Å². The van der Waals surface area contributed by atoms with Crippen molar-refractivity contribution in [3.63, 3.8) is 0 Å². The molecule has 2 rings (SSSR count). The molecule has 2 aromatic carbocycles. The molecule has 0 heterocycles. The van der Waals surface area contributed by atoms with Crippen LogP contribution >= 0.6 is 0 Å². The van der Waals surface area contributed by atoms with Gasteiger partial charge in [0.1, 0.15) is 0 Å². The van der Waals surface area contributed by atoms with E-state index in [0.29, 0.717) is 0 Å². The summed E-state index contributed by atoms with van der Waals surface area (Å²) < 4.78 is 0. The Hall–Kier alpha value is -1.29. The van der Waals surface area contributed by atoms with Crippen molar-refractivity contribution in [3.8, 4) is 0 Å². The van der Waals surface area contributed by atoms with E-state index in [9.17, 15) is 10.2 Å². The molecular weight excluding hydrogens is 420 g/mol. The summed E-state index contributed by atoms with van der Waals surface area (Å²) in [7, 11) is 0. The summed E-state index contributed by atoms with van der Waals surface area (Å²) in [6.45, 7) is 22.3. The second-order valence-corrected chi connectivity index (χ2v) is 14.9. The number of hydrogen-bond donors (Lipinski definition) is 0. The Balaban J connectivity index is -0.000000325. The predicted molar refractivity (Wildman–Crippen MR) is 128 cm³/mol. The molecule has 0 spiro atoms. The summed E-state index contributed by atoms with van der Waals surface area (Å²) >= 11 is 2.27. The van der Waals surface area contributed by atoms with Gasteiger partial charge in [0.25, 0.3) is 0 Å². The number of allylic oxidation sites excluding steroid dienone is 2. The Morgan fingerprint density at radius 1 is 0.867 bits per heavy atom.